The van der Waals surface area contributed by atoms with Gasteiger partial charge in [-0.25, -0.2) is 0 Å². The summed E-state index contributed by atoms with van der Waals surface area (Å²) in [4.78, 5) is 1.90. The molecule has 1 heterocycles. The predicted octanol–water partition coefficient (Wildman–Crippen LogP) is -2.08. The van der Waals surface area contributed by atoms with Gasteiger partial charge in [-0.3, -0.25) is 9.45 Å². The molecule has 0 amide bonds. The van der Waals surface area contributed by atoms with E-state index in [1.54, 1.807) is 0 Å². The van der Waals surface area contributed by atoms with Crippen molar-refractivity contribution in [1.29, 1.82) is 0 Å². The molecule has 15 heavy (non-hydrogen) atoms. The molecular weight excluding hydrogens is 233 g/mol. The standard InChI is InChI=1S/C7H15NO5S.Na.H/c9-7(6-14(10,11)12)5-8-1-3-13-4-2-8;;/h7,9H,1-6H2,(H,10,11,12);;. The Labute approximate surface area is 112 Å². The monoisotopic (exact) mass is 249 g/mol. The average Bonchev–Trinajstić information content (AvgIpc) is 2.02. The first-order chi connectivity index (χ1) is 6.47. The van der Waals surface area contributed by atoms with E-state index in [1.807, 2.05) is 4.90 Å². The van der Waals surface area contributed by atoms with E-state index >= 15 is 0 Å². The molecule has 1 saturated heterocycles. The summed E-state index contributed by atoms with van der Waals surface area (Å²) in [5, 5.41) is 9.32. The molecule has 1 aliphatic rings. The fourth-order valence-corrected chi connectivity index (χ4v) is 1.97. The van der Waals surface area contributed by atoms with Crippen LogP contribution in [0.3, 0.4) is 0 Å². The van der Waals surface area contributed by atoms with Gasteiger partial charge >= 0.3 is 29.6 Å². The summed E-state index contributed by atoms with van der Waals surface area (Å²) >= 11 is 0. The van der Waals surface area contributed by atoms with Crippen molar-refractivity contribution in [3.63, 3.8) is 0 Å². The Morgan fingerprint density at radius 2 is 1.87 bits per heavy atom. The molecule has 8 heteroatoms. The van der Waals surface area contributed by atoms with Crippen LogP contribution in [0.5, 0.6) is 0 Å². The van der Waals surface area contributed by atoms with Crippen LogP contribution < -0.4 is 0 Å². The number of ether oxygens (including phenoxy) is 1. The molecule has 0 aromatic carbocycles. The predicted molar refractivity (Wildman–Crippen MR) is 56.8 cm³/mol. The van der Waals surface area contributed by atoms with Crippen molar-refractivity contribution in [3.8, 4) is 0 Å². The second kappa shape index (κ2) is 7.18. The molecule has 6 nitrogen and oxygen atoms in total. The Balaban J connectivity index is 0.00000196. The van der Waals surface area contributed by atoms with Gasteiger partial charge in [0, 0.05) is 19.6 Å². The Hall–Kier alpha value is 0.790. The number of morpholine rings is 1. The van der Waals surface area contributed by atoms with Gasteiger partial charge in [-0.2, -0.15) is 8.42 Å². The molecule has 0 aromatic rings. The van der Waals surface area contributed by atoms with Gasteiger partial charge in [0.15, 0.2) is 0 Å². The summed E-state index contributed by atoms with van der Waals surface area (Å²) in [6.07, 6.45) is -1.04. The number of aliphatic hydroxyl groups excluding tert-OH is 1. The first kappa shape index (κ1) is 15.8. The van der Waals surface area contributed by atoms with Crippen molar-refractivity contribution in [2.75, 3.05) is 38.6 Å². The second-order valence-electron chi connectivity index (χ2n) is 3.32. The SMILES string of the molecule is O=S(=O)(O)CC(O)CN1CCOCC1.[NaH]. The van der Waals surface area contributed by atoms with Gasteiger partial charge in [0.25, 0.3) is 10.1 Å². The number of aliphatic hydroxyl groups is 1. The van der Waals surface area contributed by atoms with E-state index in [0.29, 0.717) is 26.3 Å². The quantitative estimate of drug-likeness (QED) is 0.439. The molecule has 1 fully saturated rings. The van der Waals surface area contributed by atoms with Crippen molar-refractivity contribution < 1.29 is 22.8 Å². The summed E-state index contributed by atoms with van der Waals surface area (Å²) in [7, 11) is -4.08. The summed E-state index contributed by atoms with van der Waals surface area (Å²) in [6.45, 7) is 2.81. The number of hydrogen-bond acceptors (Lipinski definition) is 5. The van der Waals surface area contributed by atoms with Crippen LogP contribution in [0.2, 0.25) is 0 Å². The maximum absolute atomic E-state index is 10.4. The Bertz CT molecular complexity index is 265. The zero-order valence-corrected chi connectivity index (χ0v) is 8.61. The van der Waals surface area contributed by atoms with Gasteiger partial charge in [-0.1, -0.05) is 0 Å². The van der Waals surface area contributed by atoms with Crippen molar-refractivity contribution in [1.82, 2.24) is 4.90 Å². The van der Waals surface area contributed by atoms with Crippen LogP contribution in [0.1, 0.15) is 0 Å². The van der Waals surface area contributed by atoms with Gasteiger partial charge in [0.2, 0.25) is 0 Å². The maximum atomic E-state index is 10.4. The fourth-order valence-electron chi connectivity index (χ4n) is 1.38. The van der Waals surface area contributed by atoms with Crippen molar-refractivity contribution >= 4 is 39.7 Å². The van der Waals surface area contributed by atoms with E-state index in [0.717, 1.165) is 0 Å². The first-order valence-electron chi connectivity index (χ1n) is 4.41. The second-order valence-corrected chi connectivity index (χ2v) is 4.81. The van der Waals surface area contributed by atoms with E-state index in [4.69, 9.17) is 9.29 Å². The Morgan fingerprint density at radius 3 is 2.33 bits per heavy atom. The number of rotatable bonds is 4. The zero-order valence-electron chi connectivity index (χ0n) is 7.79. The average molecular weight is 249 g/mol. The molecule has 2 N–H and O–H groups in total. The van der Waals surface area contributed by atoms with Crippen LogP contribution in [0.4, 0.5) is 0 Å². The van der Waals surface area contributed by atoms with E-state index in [2.05, 4.69) is 0 Å². The van der Waals surface area contributed by atoms with Crippen LogP contribution in [-0.2, 0) is 14.9 Å². The summed E-state index contributed by atoms with van der Waals surface area (Å²) in [5.41, 5.74) is 0. The Kier molecular flexibility index (Phi) is 7.56. The minimum absolute atomic E-state index is 0. The molecule has 1 rings (SSSR count). The molecule has 0 saturated carbocycles. The summed E-state index contributed by atoms with van der Waals surface area (Å²) in [6, 6.07) is 0. The van der Waals surface area contributed by atoms with Crippen molar-refractivity contribution in [2.24, 2.45) is 0 Å². The third-order valence-electron chi connectivity index (χ3n) is 1.98. The molecule has 1 unspecified atom stereocenters. The van der Waals surface area contributed by atoms with Crippen LogP contribution in [-0.4, -0.2) is 97.2 Å². The summed E-state index contributed by atoms with van der Waals surface area (Å²) < 4.78 is 34.4. The van der Waals surface area contributed by atoms with Gasteiger partial charge in [0.1, 0.15) is 5.75 Å². The third kappa shape index (κ3) is 7.64. The van der Waals surface area contributed by atoms with Crippen LogP contribution >= 0.6 is 0 Å². The molecule has 0 bridgehead atoms. The normalized spacial score (nSPS) is 20.7. The van der Waals surface area contributed by atoms with Crippen molar-refractivity contribution in [3.05, 3.63) is 0 Å². The third-order valence-corrected chi connectivity index (χ3v) is 2.78. The van der Waals surface area contributed by atoms with Crippen LogP contribution in [0.25, 0.3) is 0 Å². The fraction of sp³-hybridized carbons (Fsp3) is 1.00. The molecule has 1 atom stereocenters. The van der Waals surface area contributed by atoms with Gasteiger partial charge in [-0.15, -0.1) is 0 Å². The minimum atomic E-state index is -4.08. The van der Waals surface area contributed by atoms with E-state index in [1.165, 1.54) is 0 Å². The van der Waals surface area contributed by atoms with Gasteiger partial charge in [-0.05, 0) is 0 Å². The molecular formula is C7H16NNaO5S. The molecule has 0 radical (unpaired) electrons. The molecule has 0 spiro atoms. The van der Waals surface area contributed by atoms with Crippen LogP contribution in [0, 0.1) is 0 Å². The number of β-amino-alcohol motifs (C(OH)–C–C–N with tert-alkyl or cyclic N) is 1. The van der Waals surface area contributed by atoms with Crippen molar-refractivity contribution in [2.45, 2.75) is 6.10 Å². The number of hydrogen-bond donors (Lipinski definition) is 2. The first-order valence-corrected chi connectivity index (χ1v) is 6.01. The molecule has 0 aromatic heterocycles. The van der Waals surface area contributed by atoms with E-state index in [-0.39, 0.29) is 36.1 Å². The Morgan fingerprint density at radius 1 is 1.33 bits per heavy atom. The van der Waals surface area contributed by atoms with Gasteiger partial charge in [0.05, 0.1) is 19.3 Å². The zero-order chi connectivity index (χ0) is 10.6. The number of nitrogens with zero attached hydrogens (tertiary/aromatic N) is 1. The molecule has 0 aliphatic carbocycles. The van der Waals surface area contributed by atoms with E-state index < -0.39 is 22.0 Å². The molecule has 1 aliphatic heterocycles. The molecule has 86 valence electrons. The van der Waals surface area contributed by atoms with Crippen LogP contribution in [0.15, 0.2) is 0 Å². The van der Waals surface area contributed by atoms with Gasteiger partial charge < -0.3 is 9.84 Å². The summed E-state index contributed by atoms with van der Waals surface area (Å²) in [5.74, 6) is -0.607. The van der Waals surface area contributed by atoms with E-state index in [9.17, 15) is 13.5 Å². The topological polar surface area (TPSA) is 87.1 Å².